The monoisotopic (exact) mass is 267 g/mol. The van der Waals surface area contributed by atoms with E-state index in [-0.39, 0.29) is 18.4 Å². The van der Waals surface area contributed by atoms with Gasteiger partial charge in [-0.3, -0.25) is 14.3 Å². The number of amides is 1. The minimum atomic E-state index is -0.866. The first-order valence-corrected chi connectivity index (χ1v) is 6.30. The number of carboxylic acids is 1. The summed E-state index contributed by atoms with van der Waals surface area (Å²) >= 11 is 0. The molecule has 1 heterocycles. The molecule has 0 aliphatic rings. The third kappa shape index (κ3) is 4.73. The standard InChI is InChI=1S/C13H21N3O3/c1-9(2)16-8-10(7-14-16)12(19)15-13(3,4)6-5-11(17)18/h7-9H,5-6H2,1-4H3,(H,15,19)(H,17,18). The number of nitrogens with zero attached hydrogens (tertiary/aromatic N) is 2. The molecule has 106 valence electrons. The van der Waals surface area contributed by atoms with Crippen LogP contribution >= 0.6 is 0 Å². The minimum absolute atomic E-state index is 0.0263. The van der Waals surface area contributed by atoms with Gasteiger partial charge in [-0.1, -0.05) is 0 Å². The summed E-state index contributed by atoms with van der Waals surface area (Å²) in [6.07, 6.45) is 3.61. The number of aliphatic carboxylic acids is 1. The minimum Gasteiger partial charge on any atom is -0.481 e. The quantitative estimate of drug-likeness (QED) is 0.823. The summed E-state index contributed by atoms with van der Waals surface area (Å²) in [5, 5.41) is 15.6. The van der Waals surface area contributed by atoms with Gasteiger partial charge in [0.25, 0.3) is 5.91 Å². The normalized spacial score (nSPS) is 11.6. The molecule has 0 spiro atoms. The van der Waals surface area contributed by atoms with Crippen LogP contribution in [0.1, 0.15) is 56.9 Å². The summed E-state index contributed by atoms with van der Waals surface area (Å²) in [4.78, 5) is 22.6. The average Bonchev–Trinajstić information content (AvgIpc) is 2.75. The highest BCUT2D eigenvalue weighted by molar-refractivity contribution is 5.94. The van der Waals surface area contributed by atoms with E-state index in [0.717, 1.165) is 0 Å². The van der Waals surface area contributed by atoms with Crippen LogP contribution in [-0.2, 0) is 4.79 Å². The molecular formula is C13H21N3O3. The van der Waals surface area contributed by atoms with Crippen molar-refractivity contribution in [2.45, 2.75) is 52.1 Å². The van der Waals surface area contributed by atoms with E-state index in [4.69, 9.17) is 5.11 Å². The SMILES string of the molecule is CC(C)n1cc(C(=O)NC(C)(C)CCC(=O)O)cn1. The van der Waals surface area contributed by atoms with E-state index in [2.05, 4.69) is 10.4 Å². The smallest absolute Gasteiger partial charge is 0.303 e. The highest BCUT2D eigenvalue weighted by Crippen LogP contribution is 2.13. The van der Waals surface area contributed by atoms with E-state index in [1.54, 1.807) is 24.7 Å². The van der Waals surface area contributed by atoms with Gasteiger partial charge in [-0.2, -0.15) is 5.10 Å². The number of nitrogens with one attached hydrogen (secondary N) is 1. The van der Waals surface area contributed by atoms with E-state index in [1.807, 2.05) is 13.8 Å². The van der Waals surface area contributed by atoms with Crippen molar-refractivity contribution in [1.29, 1.82) is 0 Å². The fraction of sp³-hybridized carbons (Fsp3) is 0.615. The molecule has 19 heavy (non-hydrogen) atoms. The van der Waals surface area contributed by atoms with Crippen LogP contribution in [0, 0.1) is 0 Å². The zero-order valence-electron chi connectivity index (χ0n) is 11.8. The van der Waals surface area contributed by atoms with E-state index < -0.39 is 11.5 Å². The Kier molecular flexibility index (Phi) is 4.69. The Morgan fingerprint density at radius 2 is 2.11 bits per heavy atom. The van der Waals surface area contributed by atoms with Gasteiger partial charge >= 0.3 is 5.97 Å². The molecule has 2 N–H and O–H groups in total. The summed E-state index contributed by atoms with van der Waals surface area (Å²) in [6, 6.07) is 0.196. The Bertz CT molecular complexity index is 463. The number of carbonyl (C=O) groups is 2. The van der Waals surface area contributed by atoms with Crippen molar-refractivity contribution >= 4 is 11.9 Å². The summed E-state index contributed by atoms with van der Waals surface area (Å²) < 4.78 is 1.71. The zero-order valence-corrected chi connectivity index (χ0v) is 11.8. The molecule has 0 saturated carbocycles. The third-order valence-corrected chi connectivity index (χ3v) is 2.81. The number of carboxylic acid groups (broad SMARTS) is 1. The van der Waals surface area contributed by atoms with Crippen LogP contribution in [0.2, 0.25) is 0 Å². The molecule has 0 unspecified atom stereocenters. The lowest BCUT2D eigenvalue weighted by Crippen LogP contribution is -2.43. The summed E-state index contributed by atoms with van der Waals surface area (Å²) in [5.41, 5.74) is -0.0767. The van der Waals surface area contributed by atoms with Gasteiger partial charge in [0.15, 0.2) is 0 Å². The first kappa shape index (κ1) is 15.2. The van der Waals surface area contributed by atoms with Crippen molar-refractivity contribution in [3.8, 4) is 0 Å². The molecule has 1 aromatic heterocycles. The fourth-order valence-electron chi connectivity index (χ4n) is 1.60. The van der Waals surface area contributed by atoms with Crippen molar-refractivity contribution in [2.24, 2.45) is 0 Å². The maximum absolute atomic E-state index is 12.0. The second kappa shape index (κ2) is 5.86. The number of hydrogen-bond acceptors (Lipinski definition) is 3. The van der Waals surface area contributed by atoms with Crippen LogP contribution in [0.3, 0.4) is 0 Å². The summed E-state index contributed by atoms with van der Waals surface area (Å²) in [5.74, 6) is -1.10. The van der Waals surface area contributed by atoms with E-state index in [0.29, 0.717) is 12.0 Å². The molecule has 6 nitrogen and oxygen atoms in total. The van der Waals surface area contributed by atoms with Gasteiger partial charge in [-0.15, -0.1) is 0 Å². The molecule has 6 heteroatoms. The largest absolute Gasteiger partial charge is 0.481 e. The van der Waals surface area contributed by atoms with Crippen LogP contribution in [0.5, 0.6) is 0 Å². The molecule has 0 fully saturated rings. The topological polar surface area (TPSA) is 84.2 Å². The van der Waals surface area contributed by atoms with E-state index in [9.17, 15) is 9.59 Å². The molecular weight excluding hydrogens is 246 g/mol. The van der Waals surface area contributed by atoms with Crippen LogP contribution in [0.25, 0.3) is 0 Å². The molecule has 1 rings (SSSR count). The van der Waals surface area contributed by atoms with Crippen LogP contribution in [0.4, 0.5) is 0 Å². The lowest BCUT2D eigenvalue weighted by molar-refractivity contribution is -0.137. The highest BCUT2D eigenvalue weighted by atomic mass is 16.4. The van der Waals surface area contributed by atoms with Gasteiger partial charge in [0.05, 0.1) is 11.8 Å². The van der Waals surface area contributed by atoms with Crippen molar-refractivity contribution < 1.29 is 14.7 Å². The van der Waals surface area contributed by atoms with Gasteiger partial charge < -0.3 is 10.4 Å². The van der Waals surface area contributed by atoms with Crippen molar-refractivity contribution in [3.05, 3.63) is 18.0 Å². The second-order valence-corrected chi connectivity index (χ2v) is 5.53. The van der Waals surface area contributed by atoms with Crippen LogP contribution in [0.15, 0.2) is 12.4 Å². The van der Waals surface area contributed by atoms with E-state index in [1.165, 1.54) is 6.20 Å². The van der Waals surface area contributed by atoms with Crippen LogP contribution < -0.4 is 5.32 Å². The van der Waals surface area contributed by atoms with Crippen molar-refractivity contribution in [1.82, 2.24) is 15.1 Å². The highest BCUT2D eigenvalue weighted by Gasteiger charge is 2.23. The average molecular weight is 267 g/mol. The Balaban J connectivity index is 2.64. The number of aromatic nitrogens is 2. The molecule has 0 bridgehead atoms. The van der Waals surface area contributed by atoms with Gasteiger partial charge in [0.1, 0.15) is 0 Å². The first-order chi connectivity index (χ1) is 8.71. The van der Waals surface area contributed by atoms with Gasteiger partial charge in [0, 0.05) is 24.2 Å². The maximum atomic E-state index is 12.0. The molecule has 0 aliphatic carbocycles. The van der Waals surface area contributed by atoms with Crippen molar-refractivity contribution in [3.63, 3.8) is 0 Å². The Morgan fingerprint density at radius 1 is 1.47 bits per heavy atom. The van der Waals surface area contributed by atoms with Gasteiger partial charge in [-0.25, -0.2) is 0 Å². The molecule has 0 saturated heterocycles. The summed E-state index contributed by atoms with van der Waals surface area (Å²) in [6.45, 7) is 7.57. The van der Waals surface area contributed by atoms with E-state index >= 15 is 0 Å². The van der Waals surface area contributed by atoms with Gasteiger partial charge in [-0.05, 0) is 34.1 Å². The number of carbonyl (C=O) groups excluding carboxylic acids is 1. The number of rotatable bonds is 6. The maximum Gasteiger partial charge on any atom is 0.303 e. The summed E-state index contributed by atoms with van der Waals surface area (Å²) in [7, 11) is 0. The predicted molar refractivity (Wildman–Crippen MR) is 71.0 cm³/mol. The molecule has 0 atom stereocenters. The lowest BCUT2D eigenvalue weighted by Gasteiger charge is -2.25. The number of hydrogen-bond donors (Lipinski definition) is 2. The Labute approximate surface area is 112 Å². The first-order valence-electron chi connectivity index (χ1n) is 6.30. The molecule has 0 aliphatic heterocycles. The molecule has 0 radical (unpaired) electrons. The Hall–Kier alpha value is -1.85. The molecule has 1 aromatic rings. The zero-order chi connectivity index (χ0) is 14.6. The van der Waals surface area contributed by atoms with Crippen molar-refractivity contribution in [2.75, 3.05) is 0 Å². The fourth-order valence-corrected chi connectivity index (χ4v) is 1.60. The van der Waals surface area contributed by atoms with Gasteiger partial charge in [0.2, 0.25) is 0 Å². The predicted octanol–water partition coefficient (Wildman–Crippen LogP) is 1.84. The molecule has 1 amide bonds. The molecule has 0 aromatic carbocycles. The lowest BCUT2D eigenvalue weighted by atomic mass is 9.98. The second-order valence-electron chi connectivity index (χ2n) is 5.53. The Morgan fingerprint density at radius 3 is 2.58 bits per heavy atom. The van der Waals surface area contributed by atoms with Crippen LogP contribution in [-0.4, -0.2) is 32.3 Å². The third-order valence-electron chi connectivity index (χ3n) is 2.81.